The predicted octanol–water partition coefficient (Wildman–Crippen LogP) is 3.05. The Labute approximate surface area is 136 Å². The molecular weight excluding hydrogens is 308 g/mol. The fraction of sp³-hybridized carbons (Fsp3) is 0.467. The van der Waals surface area contributed by atoms with Gasteiger partial charge >= 0.3 is 0 Å². The smallest absolute Gasteiger partial charge is 0.260 e. The van der Waals surface area contributed by atoms with E-state index in [9.17, 15) is 4.79 Å². The van der Waals surface area contributed by atoms with Crippen molar-refractivity contribution in [3.05, 3.63) is 28.8 Å². The number of hydrogen-bond acceptors (Lipinski definition) is 3. The molecule has 0 aliphatic heterocycles. The van der Waals surface area contributed by atoms with E-state index in [0.29, 0.717) is 16.3 Å². The lowest BCUT2D eigenvalue weighted by molar-refractivity contribution is -0.128. The molecule has 1 atom stereocenters. The van der Waals surface area contributed by atoms with Gasteiger partial charge in [0, 0.05) is 11.1 Å². The van der Waals surface area contributed by atoms with E-state index in [4.69, 9.17) is 34.3 Å². The van der Waals surface area contributed by atoms with E-state index in [-0.39, 0.29) is 16.9 Å². The molecule has 0 radical (unpaired) electrons. The maximum absolute atomic E-state index is 12.1. The first kappa shape index (κ1) is 17.7. The Morgan fingerprint density at radius 3 is 2.57 bits per heavy atom. The Hall–Kier alpha value is -1.33. The van der Waals surface area contributed by atoms with Crippen LogP contribution in [0.5, 0.6) is 5.75 Å². The average Bonchev–Trinajstić information content (AvgIpc) is 2.44. The van der Waals surface area contributed by atoms with Gasteiger partial charge in [0.1, 0.15) is 10.7 Å². The van der Waals surface area contributed by atoms with Gasteiger partial charge in [-0.15, -0.1) is 0 Å². The van der Waals surface area contributed by atoms with Gasteiger partial charge < -0.3 is 15.8 Å². The molecule has 1 amide bonds. The predicted molar refractivity (Wildman–Crippen MR) is 89.9 cm³/mol. The normalized spacial score (nSPS) is 12.0. The van der Waals surface area contributed by atoms with Crippen molar-refractivity contribution >= 4 is 34.7 Å². The number of nitrogens with one attached hydrogen (secondary N) is 1. The van der Waals surface area contributed by atoms with Crippen molar-refractivity contribution in [3.8, 4) is 5.75 Å². The van der Waals surface area contributed by atoms with Gasteiger partial charge in [-0.3, -0.25) is 4.79 Å². The number of thiocarbonyl (C=S) groups is 1. The van der Waals surface area contributed by atoms with Crippen molar-refractivity contribution in [1.29, 1.82) is 0 Å². The summed E-state index contributed by atoms with van der Waals surface area (Å²) < 4.78 is 5.68. The van der Waals surface area contributed by atoms with Crippen LogP contribution in [0.1, 0.15) is 39.2 Å². The minimum atomic E-state index is -0.655. The van der Waals surface area contributed by atoms with Crippen LogP contribution in [0.3, 0.4) is 0 Å². The molecule has 0 aliphatic rings. The zero-order valence-electron chi connectivity index (χ0n) is 12.5. The van der Waals surface area contributed by atoms with Crippen LogP contribution in [0.15, 0.2) is 18.2 Å². The quantitative estimate of drug-likeness (QED) is 0.755. The molecule has 0 spiro atoms. The first-order valence-corrected chi connectivity index (χ1v) is 7.74. The number of benzene rings is 1. The number of carbonyl (C=O) groups is 1. The molecule has 0 saturated carbocycles. The molecule has 6 heteroatoms. The van der Waals surface area contributed by atoms with E-state index in [2.05, 4.69) is 5.32 Å². The second-order valence-corrected chi connectivity index (χ2v) is 5.66. The second kappa shape index (κ2) is 8.20. The SMILES string of the molecule is CCC(CC)NC(=O)C(C)Oc1cc(Cl)ccc1C(N)=S. The molecule has 0 heterocycles. The largest absolute Gasteiger partial charge is 0.480 e. The summed E-state index contributed by atoms with van der Waals surface area (Å²) in [5.41, 5.74) is 6.21. The molecule has 3 N–H and O–H groups in total. The van der Waals surface area contributed by atoms with E-state index >= 15 is 0 Å². The van der Waals surface area contributed by atoms with Crippen LogP contribution in [0.25, 0.3) is 0 Å². The Kier molecular flexibility index (Phi) is 6.92. The number of carbonyl (C=O) groups excluding carboxylic acids is 1. The highest BCUT2D eigenvalue weighted by Gasteiger charge is 2.19. The molecular formula is C15H21ClN2O2S. The van der Waals surface area contributed by atoms with Gasteiger partial charge in [0.25, 0.3) is 5.91 Å². The third-order valence-electron chi connectivity index (χ3n) is 3.21. The lowest BCUT2D eigenvalue weighted by Crippen LogP contribution is -2.42. The topological polar surface area (TPSA) is 64.3 Å². The first-order chi connectivity index (χ1) is 9.88. The molecule has 0 aromatic heterocycles. The van der Waals surface area contributed by atoms with Crippen LogP contribution in [-0.2, 0) is 4.79 Å². The van der Waals surface area contributed by atoms with E-state index in [1.807, 2.05) is 13.8 Å². The van der Waals surface area contributed by atoms with Crippen LogP contribution in [0.4, 0.5) is 0 Å². The van der Waals surface area contributed by atoms with Crippen molar-refractivity contribution < 1.29 is 9.53 Å². The summed E-state index contributed by atoms with van der Waals surface area (Å²) in [5.74, 6) is 0.250. The average molecular weight is 329 g/mol. The fourth-order valence-corrected chi connectivity index (χ4v) is 2.18. The summed E-state index contributed by atoms with van der Waals surface area (Å²) in [6, 6.07) is 5.12. The summed E-state index contributed by atoms with van der Waals surface area (Å²) in [4.78, 5) is 12.3. The number of amides is 1. The standard InChI is InChI=1S/C15H21ClN2O2S/c1-4-11(5-2)18-15(19)9(3)20-13-8-10(16)6-7-12(13)14(17)21/h6-9,11H,4-5H2,1-3H3,(H2,17,21)(H,18,19). The van der Waals surface area contributed by atoms with Crippen LogP contribution in [0, 0.1) is 0 Å². The lowest BCUT2D eigenvalue weighted by atomic mass is 10.1. The van der Waals surface area contributed by atoms with Crippen LogP contribution >= 0.6 is 23.8 Å². The van der Waals surface area contributed by atoms with Gasteiger partial charge in [0.15, 0.2) is 6.10 Å². The highest BCUT2D eigenvalue weighted by molar-refractivity contribution is 7.80. The summed E-state index contributed by atoms with van der Waals surface area (Å²) in [6.07, 6.45) is 1.10. The van der Waals surface area contributed by atoms with Gasteiger partial charge in [0.05, 0.1) is 5.56 Å². The third-order valence-corrected chi connectivity index (χ3v) is 3.67. The minimum absolute atomic E-state index is 0.151. The van der Waals surface area contributed by atoms with Gasteiger partial charge in [-0.05, 0) is 38.0 Å². The Balaban J connectivity index is 2.83. The minimum Gasteiger partial charge on any atom is -0.480 e. The molecule has 0 saturated heterocycles. The molecule has 0 aliphatic carbocycles. The molecule has 0 bridgehead atoms. The summed E-state index contributed by atoms with van der Waals surface area (Å²) in [6.45, 7) is 5.74. The molecule has 1 aromatic rings. The van der Waals surface area contributed by atoms with E-state index in [1.54, 1.807) is 25.1 Å². The van der Waals surface area contributed by atoms with Crippen molar-refractivity contribution in [2.24, 2.45) is 5.73 Å². The van der Waals surface area contributed by atoms with Crippen molar-refractivity contribution in [3.63, 3.8) is 0 Å². The molecule has 1 aromatic carbocycles. The molecule has 0 fully saturated rings. The van der Waals surface area contributed by atoms with Gasteiger partial charge in [-0.1, -0.05) is 37.7 Å². The van der Waals surface area contributed by atoms with Crippen molar-refractivity contribution in [1.82, 2.24) is 5.32 Å². The first-order valence-electron chi connectivity index (χ1n) is 6.95. The zero-order chi connectivity index (χ0) is 16.0. The molecule has 1 rings (SSSR count). The second-order valence-electron chi connectivity index (χ2n) is 4.79. The van der Waals surface area contributed by atoms with Crippen molar-refractivity contribution in [2.75, 3.05) is 0 Å². The summed E-state index contributed by atoms with van der Waals surface area (Å²) in [7, 11) is 0. The van der Waals surface area contributed by atoms with E-state index in [1.165, 1.54) is 0 Å². The number of halogens is 1. The van der Waals surface area contributed by atoms with Gasteiger partial charge in [-0.2, -0.15) is 0 Å². The van der Waals surface area contributed by atoms with E-state index in [0.717, 1.165) is 12.8 Å². The maximum atomic E-state index is 12.1. The van der Waals surface area contributed by atoms with Crippen LogP contribution in [0.2, 0.25) is 5.02 Å². The van der Waals surface area contributed by atoms with Crippen LogP contribution in [-0.4, -0.2) is 23.0 Å². The van der Waals surface area contributed by atoms with E-state index < -0.39 is 6.10 Å². The highest BCUT2D eigenvalue weighted by Crippen LogP contribution is 2.24. The molecule has 116 valence electrons. The molecule has 1 unspecified atom stereocenters. The Morgan fingerprint density at radius 1 is 1.43 bits per heavy atom. The number of nitrogens with two attached hydrogens (primary N) is 1. The highest BCUT2D eigenvalue weighted by atomic mass is 35.5. The van der Waals surface area contributed by atoms with Gasteiger partial charge in [0.2, 0.25) is 0 Å². The third kappa shape index (κ3) is 5.17. The summed E-state index contributed by atoms with van der Waals surface area (Å²) >= 11 is 10.9. The fourth-order valence-electron chi connectivity index (χ4n) is 1.85. The zero-order valence-corrected chi connectivity index (χ0v) is 14.1. The van der Waals surface area contributed by atoms with Crippen LogP contribution < -0.4 is 15.8 Å². The molecule has 4 nitrogen and oxygen atoms in total. The number of ether oxygens (including phenoxy) is 1. The van der Waals surface area contributed by atoms with Crippen molar-refractivity contribution in [2.45, 2.75) is 45.8 Å². The Morgan fingerprint density at radius 2 is 2.05 bits per heavy atom. The maximum Gasteiger partial charge on any atom is 0.260 e. The Bertz CT molecular complexity index is 518. The summed E-state index contributed by atoms with van der Waals surface area (Å²) in [5, 5.41) is 3.44. The monoisotopic (exact) mass is 328 g/mol. The lowest BCUT2D eigenvalue weighted by Gasteiger charge is -2.20. The van der Waals surface area contributed by atoms with Gasteiger partial charge in [-0.25, -0.2) is 0 Å². The number of hydrogen-bond donors (Lipinski definition) is 2. The number of rotatable bonds is 7. The molecule has 21 heavy (non-hydrogen) atoms.